The second kappa shape index (κ2) is 5.83. The van der Waals surface area contributed by atoms with E-state index < -0.39 is 11.7 Å². The minimum Gasteiger partial charge on any atom is -0.398 e. The highest BCUT2D eigenvalue weighted by atomic mass is 19.1. The molecular formula is C16H18FN3O. The van der Waals surface area contributed by atoms with Crippen molar-refractivity contribution in [3.63, 3.8) is 0 Å². The van der Waals surface area contributed by atoms with E-state index in [0.717, 1.165) is 5.69 Å². The van der Waals surface area contributed by atoms with E-state index in [2.05, 4.69) is 5.32 Å². The van der Waals surface area contributed by atoms with Crippen LogP contribution in [0.5, 0.6) is 0 Å². The number of amides is 1. The molecule has 0 heterocycles. The van der Waals surface area contributed by atoms with Gasteiger partial charge in [0.2, 0.25) is 0 Å². The molecule has 5 heteroatoms. The molecule has 21 heavy (non-hydrogen) atoms. The van der Waals surface area contributed by atoms with Crippen LogP contribution in [0.4, 0.5) is 21.5 Å². The molecule has 110 valence electrons. The summed E-state index contributed by atoms with van der Waals surface area (Å²) in [4.78, 5) is 14.1. The van der Waals surface area contributed by atoms with Gasteiger partial charge in [-0.2, -0.15) is 0 Å². The number of carbonyl (C=O) groups excluding carboxylic acids is 1. The fraction of sp³-hybridized carbons (Fsp3) is 0.188. The molecule has 0 saturated carbocycles. The predicted octanol–water partition coefficient (Wildman–Crippen LogP) is 3.03. The van der Waals surface area contributed by atoms with Gasteiger partial charge in [0, 0.05) is 30.9 Å². The monoisotopic (exact) mass is 287 g/mol. The molecule has 3 N–H and O–H groups in total. The second-order valence-corrected chi connectivity index (χ2v) is 5.04. The van der Waals surface area contributed by atoms with Crippen molar-refractivity contribution in [3.8, 4) is 0 Å². The highest BCUT2D eigenvalue weighted by molar-refractivity contribution is 6.06. The van der Waals surface area contributed by atoms with Gasteiger partial charge in [-0.1, -0.05) is 12.1 Å². The van der Waals surface area contributed by atoms with Crippen molar-refractivity contribution in [1.82, 2.24) is 0 Å². The van der Waals surface area contributed by atoms with Crippen LogP contribution in [0.1, 0.15) is 15.9 Å². The lowest BCUT2D eigenvalue weighted by molar-refractivity contribution is 0.102. The summed E-state index contributed by atoms with van der Waals surface area (Å²) in [6.07, 6.45) is 0. The summed E-state index contributed by atoms with van der Waals surface area (Å²) in [5.74, 6) is -0.879. The maximum atomic E-state index is 13.7. The third-order valence-electron chi connectivity index (χ3n) is 3.28. The number of rotatable bonds is 3. The summed E-state index contributed by atoms with van der Waals surface area (Å²) in [6, 6.07) is 10.1. The topological polar surface area (TPSA) is 58.4 Å². The van der Waals surface area contributed by atoms with Gasteiger partial charge in [0.05, 0.1) is 11.4 Å². The third-order valence-corrected chi connectivity index (χ3v) is 3.28. The zero-order valence-corrected chi connectivity index (χ0v) is 12.3. The lowest BCUT2D eigenvalue weighted by Crippen LogP contribution is -2.17. The zero-order chi connectivity index (χ0) is 15.6. The normalized spacial score (nSPS) is 10.3. The van der Waals surface area contributed by atoms with E-state index in [9.17, 15) is 9.18 Å². The Morgan fingerprint density at radius 2 is 1.90 bits per heavy atom. The summed E-state index contributed by atoms with van der Waals surface area (Å²) in [5.41, 5.74) is 8.04. The van der Waals surface area contributed by atoms with Crippen molar-refractivity contribution < 1.29 is 9.18 Å². The number of anilines is 3. The van der Waals surface area contributed by atoms with Gasteiger partial charge in [-0.05, 0) is 31.2 Å². The van der Waals surface area contributed by atoms with Crippen molar-refractivity contribution in [2.45, 2.75) is 6.92 Å². The van der Waals surface area contributed by atoms with E-state index >= 15 is 0 Å². The van der Waals surface area contributed by atoms with Crippen LogP contribution in [0.15, 0.2) is 36.4 Å². The Kier molecular flexibility index (Phi) is 4.12. The molecule has 1 amide bonds. The number of benzene rings is 2. The predicted molar refractivity (Wildman–Crippen MR) is 84.3 cm³/mol. The van der Waals surface area contributed by atoms with Gasteiger partial charge < -0.3 is 16.0 Å². The summed E-state index contributed by atoms with van der Waals surface area (Å²) < 4.78 is 13.7. The smallest absolute Gasteiger partial charge is 0.255 e. The zero-order valence-electron chi connectivity index (χ0n) is 12.3. The molecule has 2 aromatic carbocycles. The molecule has 0 aromatic heterocycles. The molecule has 0 bridgehead atoms. The van der Waals surface area contributed by atoms with Crippen LogP contribution in [0, 0.1) is 12.7 Å². The minimum atomic E-state index is -0.485. The van der Waals surface area contributed by atoms with Crippen molar-refractivity contribution in [2.75, 3.05) is 30.0 Å². The first-order valence-corrected chi connectivity index (χ1v) is 6.53. The van der Waals surface area contributed by atoms with Crippen LogP contribution in [0.2, 0.25) is 0 Å². The molecule has 0 aliphatic rings. The van der Waals surface area contributed by atoms with Crippen LogP contribution in [0.25, 0.3) is 0 Å². The number of nitrogens with one attached hydrogen (secondary N) is 1. The van der Waals surface area contributed by atoms with E-state index in [1.165, 1.54) is 12.1 Å². The number of hydrogen-bond acceptors (Lipinski definition) is 3. The van der Waals surface area contributed by atoms with Gasteiger partial charge in [-0.3, -0.25) is 4.79 Å². The highest BCUT2D eigenvalue weighted by Crippen LogP contribution is 2.25. The molecule has 0 saturated heterocycles. The van der Waals surface area contributed by atoms with Gasteiger partial charge in [-0.15, -0.1) is 0 Å². The molecule has 0 fully saturated rings. The molecule has 0 spiro atoms. The first-order chi connectivity index (χ1) is 9.90. The summed E-state index contributed by atoms with van der Waals surface area (Å²) >= 11 is 0. The van der Waals surface area contributed by atoms with Crippen LogP contribution >= 0.6 is 0 Å². The fourth-order valence-electron chi connectivity index (χ4n) is 2.00. The molecule has 0 unspecified atom stereocenters. The highest BCUT2D eigenvalue weighted by Gasteiger charge is 2.13. The van der Waals surface area contributed by atoms with Crippen LogP contribution in [0.3, 0.4) is 0 Å². The largest absolute Gasteiger partial charge is 0.398 e. The fourth-order valence-corrected chi connectivity index (χ4v) is 2.00. The van der Waals surface area contributed by atoms with Crippen LogP contribution in [-0.2, 0) is 0 Å². The SMILES string of the molecule is Cc1c(N)cc(C(=O)Nc2ccccc2N(C)C)cc1F. The first-order valence-electron chi connectivity index (χ1n) is 6.53. The second-order valence-electron chi connectivity index (χ2n) is 5.04. The number of halogens is 1. The van der Waals surface area contributed by atoms with Gasteiger partial charge in [0.15, 0.2) is 0 Å². The maximum Gasteiger partial charge on any atom is 0.255 e. The van der Waals surface area contributed by atoms with E-state index in [-0.39, 0.29) is 11.3 Å². The number of nitrogens with zero attached hydrogens (tertiary/aromatic N) is 1. The molecular weight excluding hydrogens is 269 g/mol. The maximum absolute atomic E-state index is 13.7. The first kappa shape index (κ1) is 14.8. The Labute approximate surface area is 123 Å². The van der Waals surface area contributed by atoms with E-state index in [1.807, 2.05) is 37.2 Å². The van der Waals surface area contributed by atoms with E-state index in [4.69, 9.17) is 5.73 Å². The number of nitrogen functional groups attached to an aromatic ring is 1. The molecule has 0 radical (unpaired) electrons. The van der Waals surface area contributed by atoms with Crippen molar-refractivity contribution in [3.05, 3.63) is 53.3 Å². The summed E-state index contributed by atoms with van der Waals surface area (Å²) in [6.45, 7) is 1.58. The number of para-hydroxylation sites is 2. The molecule has 4 nitrogen and oxygen atoms in total. The standard InChI is InChI=1S/C16H18FN3O/c1-10-12(17)8-11(9-13(10)18)16(21)19-14-6-4-5-7-15(14)20(2)3/h4-9H,18H2,1-3H3,(H,19,21). The Balaban J connectivity index is 2.31. The Morgan fingerprint density at radius 1 is 1.24 bits per heavy atom. The van der Waals surface area contributed by atoms with Gasteiger partial charge in [0.1, 0.15) is 5.82 Å². The average Bonchev–Trinajstić information content (AvgIpc) is 2.44. The number of nitrogens with two attached hydrogens (primary N) is 1. The summed E-state index contributed by atoms with van der Waals surface area (Å²) in [7, 11) is 3.77. The lowest BCUT2D eigenvalue weighted by Gasteiger charge is -2.18. The Morgan fingerprint density at radius 3 is 2.52 bits per heavy atom. The molecule has 0 aliphatic carbocycles. The minimum absolute atomic E-state index is 0.198. The molecule has 0 aliphatic heterocycles. The van der Waals surface area contributed by atoms with Crippen LogP contribution in [-0.4, -0.2) is 20.0 Å². The molecule has 2 aromatic rings. The molecule has 2 rings (SSSR count). The van der Waals surface area contributed by atoms with Crippen molar-refractivity contribution >= 4 is 23.0 Å². The Hall–Kier alpha value is -2.56. The van der Waals surface area contributed by atoms with Gasteiger partial charge in [0.25, 0.3) is 5.91 Å². The third kappa shape index (κ3) is 3.13. The molecule has 0 atom stereocenters. The number of carbonyl (C=O) groups is 1. The quantitative estimate of drug-likeness (QED) is 0.853. The van der Waals surface area contributed by atoms with Gasteiger partial charge in [-0.25, -0.2) is 4.39 Å². The van der Waals surface area contributed by atoms with E-state index in [1.54, 1.807) is 13.0 Å². The number of hydrogen-bond donors (Lipinski definition) is 2. The van der Waals surface area contributed by atoms with Crippen LogP contribution < -0.4 is 16.0 Å². The lowest BCUT2D eigenvalue weighted by atomic mass is 10.1. The van der Waals surface area contributed by atoms with E-state index in [0.29, 0.717) is 11.3 Å². The Bertz CT molecular complexity index is 660. The van der Waals surface area contributed by atoms with Gasteiger partial charge >= 0.3 is 0 Å². The van der Waals surface area contributed by atoms with Crippen molar-refractivity contribution in [2.24, 2.45) is 0 Å². The average molecular weight is 287 g/mol. The summed E-state index contributed by atoms with van der Waals surface area (Å²) in [5, 5.41) is 2.78. The van der Waals surface area contributed by atoms with Crippen molar-refractivity contribution in [1.29, 1.82) is 0 Å².